The van der Waals surface area contributed by atoms with E-state index < -0.39 is 0 Å². The van der Waals surface area contributed by atoms with Gasteiger partial charge in [-0.15, -0.1) is 0 Å². The highest BCUT2D eigenvalue weighted by Crippen LogP contribution is 2.21. The molecule has 0 aliphatic rings. The van der Waals surface area contributed by atoms with Crippen LogP contribution in [0.25, 0.3) is 0 Å². The van der Waals surface area contributed by atoms with Crippen molar-refractivity contribution in [1.82, 2.24) is 4.98 Å². The van der Waals surface area contributed by atoms with Crippen molar-refractivity contribution < 1.29 is 4.79 Å². The Balaban J connectivity index is 1.62. The third-order valence-electron chi connectivity index (χ3n) is 4.15. The number of amides is 1. The number of hydrogen-bond acceptors (Lipinski definition) is 3. The minimum atomic E-state index is -0.0485. The first-order valence-electron chi connectivity index (χ1n) is 8.65. The molecule has 0 saturated carbocycles. The maximum absolute atomic E-state index is 12.2. The molecule has 1 amide bonds. The lowest BCUT2D eigenvalue weighted by Gasteiger charge is -2.11. The van der Waals surface area contributed by atoms with E-state index in [1.54, 1.807) is 6.20 Å². The molecule has 0 aliphatic carbocycles. The number of carbonyl (C=O) groups is 1. The van der Waals surface area contributed by atoms with Crippen LogP contribution >= 0.6 is 0 Å². The van der Waals surface area contributed by atoms with E-state index in [2.05, 4.69) is 47.7 Å². The summed E-state index contributed by atoms with van der Waals surface area (Å²) in [5.41, 5.74) is 6.23. The average Bonchev–Trinajstić information content (AvgIpc) is 2.60. The molecule has 26 heavy (non-hydrogen) atoms. The number of anilines is 3. The van der Waals surface area contributed by atoms with Gasteiger partial charge in [-0.25, -0.2) is 4.98 Å². The monoisotopic (exact) mass is 345 g/mol. The van der Waals surface area contributed by atoms with E-state index >= 15 is 0 Å². The number of hydrogen-bond donors (Lipinski definition) is 2. The molecule has 4 nitrogen and oxygen atoms in total. The van der Waals surface area contributed by atoms with Crippen LogP contribution in [0.5, 0.6) is 0 Å². The highest BCUT2D eigenvalue weighted by atomic mass is 16.1. The summed E-state index contributed by atoms with van der Waals surface area (Å²) < 4.78 is 0. The van der Waals surface area contributed by atoms with Crippen LogP contribution in [-0.4, -0.2) is 10.9 Å². The van der Waals surface area contributed by atoms with Crippen LogP contribution in [0.2, 0.25) is 0 Å². The minimum Gasteiger partial charge on any atom is -0.340 e. The van der Waals surface area contributed by atoms with E-state index in [1.165, 1.54) is 5.56 Å². The molecule has 2 aromatic carbocycles. The van der Waals surface area contributed by atoms with Crippen molar-refractivity contribution in [3.05, 3.63) is 83.0 Å². The SMILES string of the molecule is Cc1cccc(CC(=O)Nc2ccc(Nc3cc(C)ccc3C)nc2)c1. The largest absolute Gasteiger partial charge is 0.340 e. The summed E-state index contributed by atoms with van der Waals surface area (Å²) in [6.45, 7) is 6.14. The molecule has 0 spiro atoms. The van der Waals surface area contributed by atoms with Gasteiger partial charge in [0.1, 0.15) is 5.82 Å². The standard InChI is InChI=1S/C22H23N3O/c1-15-5-4-6-18(11-15)13-22(26)24-19-9-10-21(23-14-19)25-20-12-16(2)7-8-17(20)3/h4-12,14H,13H2,1-3H3,(H,23,25)(H,24,26). The van der Waals surface area contributed by atoms with E-state index in [0.29, 0.717) is 12.1 Å². The fourth-order valence-electron chi connectivity index (χ4n) is 2.76. The summed E-state index contributed by atoms with van der Waals surface area (Å²) in [6, 6.07) is 17.9. The normalized spacial score (nSPS) is 10.4. The van der Waals surface area contributed by atoms with Gasteiger partial charge in [0.15, 0.2) is 0 Å². The van der Waals surface area contributed by atoms with Crippen molar-refractivity contribution >= 4 is 23.1 Å². The molecule has 2 N–H and O–H groups in total. The van der Waals surface area contributed by atoms with E-state index in [4.69, 9.17) is 0 Å². The Hall–Kier alpha value is -3.14. The van der Waals surface area contributed by atoms with Crippen LogP contribution in [0.1, 0.15) is 22.3 Å². The van der Waals surface area contributed by atoms with Crippen molar-refractivity contribution in [3.63, 3.8) is 0 Å². The van der Waals surface area contributed by atoms with Crippen molar-refractivity contribution in [3.8, 4) is 0 Å². The molecule has 0 atom stereocenters. The van der Waals surface area contributed by atoms with Crippen molar-refractivity contribution in [2.45, 2.75) is 27.2 Å². The van der Waals surface area contributed by atoms with Gasteiger partial charge in [0.25, 0.3) is 0 Å². The lowest BCUT2D eigenvalue weighted by Crippen LogP contribution is -2.14. The second kappa shape index (κ2) is 7.83. The Morgan fingerprint density at radius 2 is 1.77 bits per heavy atom. The number of aryl methyl sites for hydroxylation is 3. The zero-order chi connectivity index (χ0) is 18.5. The fourth-order valence-corrected chi connectivity index (χ4v) is 2.76. The van der Waals surface area contributed by atoms with Crippen molar-refractivity contribution in [1.29, 1.82) is 0 Å². The number of nitrogens with zero attached hydrogens (tertiary/aromatic N) is 1. The Morgan fingerprint density at radius 3 is 2.50 bits per heavy atom. The van der Waals surface area contributed by atoms with Gasteiger partial charge in [-0.2, -0.15) is 0 Å². The maximum Gasteiger partial charge on any atom is 0.228 e. The first-order valence-corrected chi connectivity index (χ1v) is 8.65. The molecule has 0 saturated heterocycles. The minimum absolute atomic E-state index is 0.0485. The van der Waals surface area contributed by atoms with Gasteiger partial charge < -0.3 is 10.6 Å². The third-order valence-corrected chi connectivity index (χ3v) is 4.15. The molecule has 4 heteroatoms. The van der Waals surface area contributed by atoms with Crippen molar-refractivity contribution in [2.75, 3.05) is 10.6 Å². The van der Waals surface area contributed by atoms with Gasteiger partial charge in [0, 0.05) is 5.69 Å². The van der Waals surface area contributed by atoms with Gasteiger partial charge in [0.2, 0.25) is 5.91 Å². The number of carbonyl (C=O) groups excluding carboxylic acids is 1. The molecule has 132 valence electrons. The Kier molecular flexibility index (Phi) is 5.32. The highest BCUT2D eigenvalue weighted by Gasteiger charge is 2.06. The molecule has 3 rings (SSSR count). The molecule has 1 aromatic heterocycles. The van der Waals surface area contributed by atoms with E-state index in [0.717, 1.165) is 28.2 Å². The van der Waals surface area contributed by atoms with Gasteiger partial charge in [-0.05, 0) is 55.7 Å². The smallest absolute Gasteiger partial charge is 0.228 e. The number of rotatable bonds is 5. The summed E-state index contributed by atoms with van der Waals surface area (Å²) in [7, 11) is 0. The molecular weight excluding hydrogens is 322 g/mol. The first kappa shape index (κ1) is 17.7. The molecule has 3 aromatic rings. The van der Waals surface area contributed by atoms with Crippen LogP contribution in [0.15, 0.2) is 60.8 Å². The van der Waals surface area contributed by atoms with Gasteiger partial charge in [-0.3, -0.25) is 4.79 Å². The molecule has 0 unspecified atom stereocenters. The van der Waals surface area contributed by atoms with Crippen molar-refractivity contribution in [2.24, 2.45) is 0 Å². The summed E-state index contributed by atoms with van der Waals surface area (Å²) >= 11 is 0. The molecule has 0 bridgehead atoms. The van der Waals surface area contributed by atoms with Crippen LogP contribution in [-0.2, 0) is 11.2 Å². The third kappa shape index (κ3) is 4.70. The van der Waals surface area contributed by atoms with Crippen LogP contribution < -0.4 is 10.6 Å². The zero-order valence-corrected chi connectivity index (χ0v) is 15.3. The number of nitrogens with one attached hydrogen (secondary N) is 2. The Morgan fingerprint density at radius 1 is 0.962 bits per heavy atom. The lowest BCUT2D eigenvalue weighted by molar-refractivity contribution is -0.115. The van der Waals surface area contributed by atoms with Crippen LogP contribution in [0.3, 0.4) is 0 Å². The average molecular weight is 345 g/mol. The quantitative estimate of drug-likeness (QED) is 0.689. The van der Waals surface area contributed by atoms with Crippen LogP contribution in [0.4, 0.5) is 17.2 Å². The number of aromatic nitrogens is 1. The second-order valence-electron chi connectivity index (χ2n) is 6.59. The predicted molar refractivity (Wildman–Crippen MR) is 107 cm³/mol. The molecule has 0 radical (unpaired) electrons. The topological polar surface area (TPSA) is 54.0 Å². The maximum atomic E-state index is 12.2. The Labute approximate surface area is 154 Å². The molecule has 1 heterocycles. The van der Waals surface area contributed by atoms with Gasteiger partial charge >= 0.3 is 0 Å². The molecule has 0 fully saturated rings. The van der Waals surface area contributed by atoms with E-state index in [9.17, 15) is 4.79 Å². The summed E-state index contributed by atoms with van der Waals surface area (Å²) in [5.74, 6) is 0.697. The summed E-state index contributed by atoms with van der Waals surface area (Å²) in [6.07, 6.45) is 2.02. The predicted octanol–water partition coefficient (Wildman–Crippen LogP) is 4.93. The Bertz CT molecular complexity index is 917. The molecule has 0 aliphatic heterocycles. The number of benzene rings is 2. The number of pyridine rings is 1. The summed E-state index contributed by atoms with van der Waals surface area (Å²) in [4.78, 5) is 16.6. The first-order chi connectivity index (χ1) is 12.5. The second-order valence-corrected chi connectivity index (χ2v) is 6.59. The zero-order valence-electron chi connectivity index (χ0n) is 15.3. The van der Waals surface area contributed by atoms with E-state index in [-0.39, 0.29) is 5.91 Å². The van der Waals surface area contributed by atoms with Crippen LogP contribution in [0, 0.1) is 20.8 Å². The van der Waals surface area contributed by atoms with Gasteiger partial charge in [0.05, 0.1) is 18.3 Å². The summed E-state index contributed by atoms with van der Waals surface area (Å²) in [5, 5.41) is 6.21. The highest BCUT2D eigenvalue weighted by molar-refractivity contribution is 5.92. The van der Waals surface area contributed by atoms with E-state index in [1.807, 2.05) is 43.3 Å². The molecular formula is C22H23N3O. The van der Waals surface area contributed by atoms with Gasteiger partial charge in [-0.1, -0.05) is 42.0 Å². The fraction of sp³-hybridized carbons (Fsp3) is 0.182. The lowest BCUT2D eigenvalue weighted by atomic mass is 10.1.